The fourth-order valence-corrected chi connectivity index (χ4v) is 1.71. The standard InChI is InChI=1S/C14H20N2OS/c1-14(2,3)9-12(17)16(4)11-7-5-6-10(8-11)13(15)18/h5-8H,9H2,1-4H3,(H2,15,18). The van der Waals surface area contributed by atoms with Crippen molar-refractivity contribution in [1.29, 1.82) is 0 Å². The first-order valence-electron chi connectivity index (χ1n) is 5.87. The Balaban J connectivity index is 2.90. The smallest absolute Gasteiger partial charge is 0.227 e. The van der Waals surface area contributed by atoms with Crippen LogP contribution >= 0.6 is 12.2 Å². The Bertz CT molecular complexity index is 463. The van der Waals surface area contributed by atoms with Crippen LogP contribution in [0.4, 0.5) is 5.69 Å². The molecule has 0 saturated carbocycles. The number of nitrogens with zero attached hydrogens (tertiary/aromatic N) is 1. The van der Waals surface area contributed by atoms with Crippen LogP contribution in [0.3, 0.4) is 0 Å². The van der Waals surface area contributed by atoms with E-state index in [1.165, 1.54) is 0 Å². The predicted octanol–water partition coefficient (Wildman–Crippen LogP) is 2.72. The first-order chi connectivity index (χ1) is 8.20. The molecule has 0 bridgehead atoms. The average molecular weight is 264 g/mol. The van der Waals surface area contributed by atoms with Gasteiger partial charge in [-0.1, -0.05) is 45.1 Å². The molecule has 0 spiro atoms. The first-order valence-corrected chi connectivity index (χ1v) is 6.28. The summed E-state index contributed by atoms with van der Waals surface area (Å²) in [7, 11) is 1.77. The van der Waals surface area contributed by atoms with Crippen molar-refractivity contribution < 1.29 is 4.79 Å². The number of nitrogens with two attached hydrogens (primary N) is 1. The molecule has 2 N–H and O–H groups in total. The summed E-state index contributed by atoms with van der Waals surface area (Å²) in [4.78, 5) is 14.1. The van der Waals surface area contributed by atoms with E-state index < -0.39 is 0 Å². The minimum atomic E-state index is -0.0217. The molecule has 0 heterocycles. The summed E-state index contributed by atoms with van der Waals surface area (Å²) in [5.74, 6) is 0.0857. The zero-order valence-corrected chi connectivity index (χ0v) is 12.2. The van der Waals surface area contributed by atoms with E-state index in [-0.39, 0.29) is 11.3 Å². The Kier molecular flexibility index (Phi) is 4.46. The lowest BCUT2D eigenvalue weighted by molar-refractivity contribution is -0.120. The van der Waals surface area contributed by atoms with Crippen molar-refractivity contribution in [3.05, 3.63) is 29.8 Å². The number of carbonyl (C=O) groups is 1. The summed E-state index contributed by atoms with van der Waals surface area (Å²) in [6.07, 6.45) is 0.501. The highest BCUT2D eigenvalue weighted by molar-refractivity contribution is 7.80. The molecule has 0 fully saturated rings. The molecule has 0 saturated heterocycles. The summed E-state index contributed by atoms with van der Waals surface area (Å²) in [5, 5.41) is 0. The number of amides is 1. The van der Waals surface area contributed by atoms with Gasteiger partial charge in [-0.05, 0) is 17.5 Å². The van der Waals surface area contributed by atoms with Crippen LogP contribution in [0.1, 0.15) is 32.8 Å². The largest absolute Gasteiger partial charge is 0.389 e. The van der Waals surface area contributed by atoms with E-state index in [1.54, 1.807) is 11.9 Å². The Hall–Kier alpha value is -1.42. The van der Waals surface area contributed by atoms with E-state index in [0.29, 0.717) is 11.4 Å². The van der Waals surface area contributed by atoms with Crippen molar-refractivity contribution in [3.63, 3.8) is 0 Å². The third-order valence-corrected chi connectivity index (χ3v) is 2.81. The number of thiocarbonyl (C=S) groups is 1. The van der Waals surface area contributed by atoms with Gasteiger partial charge in [-0.2, -0.15) is 0 Å². The molecule has 1 aromatic rings. The molecule has 1 rings (SSSR count). The van der Waals surface area contributed by atoms with E-state index in [2.05, 4.69) is 0 Å². The third kappa shape index (κ3) is 4.11. The van der Waals surface area contributed by atoms with E-state index in [4.69, 9.17) is 18.0 Å². The van der Waals surface area contributed by atoms with E-state index >= 15 is 0 Å². The summed E-state index contributed by atoms with van der Waals surface area (Å²) in [6.45, 7) is 6.14. The normalized spacial score (nSPS) is 11.1. The quantitative estimate of drug-likeness (QED) is 0.854. The molecular formula is C14H20N2OS. The molecule has 1 amide bonds. The monoisotopic (exact) mass is 264 g/mol. The van der Waals surface area contributed by atoms with Crippen LogP contribution in [0, 0.1) is 5.41 Å². The van der Waals surface area contributed by atoms with E-state index in [9.17, 15) is 4.79 Å². The topological polar surface area (TPSA) is 46.3 Å². The molecule has 0 atom stereocenters. The van der Waals surface area contributed by atoms with E-state index in [1.807, 2.05) is 45.0 Å². The lowest BCUT2D eigenvalue weighted by atomic mass is 9.91. The van der Waals surface area contributed by atoms with Gasteiger partial charge in [0, 0.05) is 24.7 Å². The molecule has 0 radical (unpaired) electrons. The fraction of sp³-hybridized carbons (Fsp3) is 0.429. The highest BCUT2D eigenvalue weighted by Crippen LogP contribution is 2.22. The Morgan fingerprint density at radius 2 is 2.00 bits per heavy atom. The molecule has 98 valence electrons. The second-order valence-electron chi connectivity index (χ2n) is 5.60. The third-order valence-electron chi connectivity index (χ3n) is 2.57. The van der Waals surface area contributed by atoms with Gasteiger partial charge in [-0.25, -0.2) is 0 Å². The van der Waals surface area contributed by atoms with Crippen LogP contribution in [-0.4, -0.2) is 17.9 Å². The molecule has 0 aliphatic heterocycles. The van der Waals surface area contributed by atoms with Crippen LogP contribution in [0.5, 0.6) is 0 Å². The number of rotatable bonds is 3. The maximum absolute atomic E-state index is 12.1. The Morgan fingerprint density at radius 3 is 2.50 bits per heavy atom. The van der Waals surface area contributed by atoms with Crippen molar-refractivity contribution in [3.8, 4) is 0 Å². The zero-order valence-electron chi connectivity index (χ0n) is 11.4. The zero-order chi connectivity index (χ0) is 13.9. The van der Waals surface area contributed by atoms with Crippen LogP contribution < -0.4 is 10.6 Å². The number of carbonyl (C=O) groups excluding carboxylic acids is 1. The number of benzene rings is 1. The van der Waals surface area contributed by atoms with Gasteiger partial charge in [0.2, 0.25) is 5.91 Å². The molecular weight excluding hydrogens is 244 g/mol. The molecule has 0 unspecified atom stereocenters. The van der Waals surface area contributed by atoms with Gasteiger partial charge < -0.3 is 10.6 Å². The summed E-state index contributed by atoms with van der Waals surface area (Å²) in [5.41, 5.74) is 7.16. The van der Waals surface area contributed by atoms with Crippen molar-refractivity contribution in [2.24, 2.45) is 11.1 Å². The maximum atomic E-state index is 12.1. The lowest BCUT2D eigenvalue weighted by Crippen LogP contribution is -2.30. The van der Waals surface area contributed by atoms with Gasteiger partial charge >= 0.3 is 0 Å². The minimum Gasteiger partial charge on any atom is -0.389 e. The van der Waals surface area contributed by atoms with Crippen LogP contribution in [0.2, 0.25) is 0 Å². The van der Waals surface area contributed by atoms with Gasteiger partial charge in [0.05, 0.1) is 0 Å². The molecule has 0 aliphatic rings. The minimum absolute atomic E-state index is 0.0217. The molecule has 0 aliphatic carbocycles. The van der Waals surface area contributed by atoms with Crippen LogP contribution in [0.25, 0.3) is 0 Å². The van der Waals surface area contributed by atoms with Gasteiger partial charge in [0.1, 0.15) is 4.99 Å². The van der Waals surface area contributed by atoms with Crippen molar-refractivity contribution >= 4 is 28.8 Å². The second-order valence-corrected chi connectivity index (χ2v) is 6.04. The molecule has 18 heavy (non-hydrogen) atoms. The molecule has 3 nitrogen and oxygen atoms in total. The lowest BCUT2D eigenvalue weighted by Gasteiger charge is -2.23. The number of hydrogen-bond acceptors (Lipinski definition) is 2. The van der Waals surface area contributed by atoms with Gasteiger partial charge in [-0.15, -0.1) is 0 Å². The van der Waals surface area contributed by atoms with Crippen LogP contribution in [0.15, 0.2) is 24.3 Å². The van der Waals surface area contributed by atoms with Gasteiger partial charge in [0.25, 0.3) is 0 Å². The number of anilines is 1. The van der Waals surface area contributed by atoms with E-state index in [0.717, 1.165) is 11.3 Å². The Morgan fingerprint density at radius 1 is 1.39 bits per heavy atom. The van der Waals surface area contributed by atoms with Crippen molar-refractivity contribution in [2.75, 3.05) is 11.9 Å². The SMILES string of the molecule is CN(C(=O)CC(C)(C)C)c1cccc(C(N)=S)c1. The maximum Gasteiger partial charge on any atom is 0.227 e. The van der Waals surface area contributed by atoms with Gasteiger partial charge in [-0.3, -0.25) is 4.79 Å². The second kappa shape index (κ2) is 5.48. The van der Waals surface area contributed by atoms with Crippen LogP contribution in [-0.2, 0) is 4.79 Å². The Labute approximate surface area is 114 Å². The summed E-state index contributed by atoms with van der Waals surface area (Å²) in [6, 6.07) is 7.41. The molecule has 0 aromatic heterocycles. The predicted molar refractivity (Wildman–Crippen MR) is 79.8 cm³/mol. The molecule has 1 aromatic carbocycles. The molecule has 4 heteroatoms. The first kappa shape index (κ1) is 14.6. The van der Waals surface area contributed by atoms with Gasteiger partial charge in [0.15, 0.2) is 0 Å². The highest BCUT2D eigenvalue weighted by atomic mass is 32.1. The van der Waals surface area contributed by atoms with Crippen molar-refractivity contribution in [1.82, 2.24) is 0 Å². The summed E-state index contributed by atoms with van der Waals surface area (Å²) < 4.78 is 0. The highest BCUT2D eigenvalue weighted by Gasteiger charge is 2.19. The number of hydrogen-bond donors (Lipinski definition) is 1. The summed E-state index contributed by atoms with van der Waals surface area (Å²) >= 11 is 4.94. The fourth-order valence-electron chi connectivity index (χ4n) is 1.58. The average Bonchev–Trinajstić information content (AvgIpc) is 2.26. The van der Waals surface area contributed by atoms with Crippen molar-refractivity contribution in [2.45, 2.75) is 27.2 Å².